The molecule has 5 rings (SSSR count). The quantitative estimate of drug-likeness (QED) is 0.359. The van der Waals surface area contributed by atoms with Gasteiger partial charge in [0.1, 0.15) is 5.78 Å². The fourth-order valence-corrected chi connectivity index (χ4v) is 8.58. The molecule has 164 valence electrons. The van der Waals surface area contributed by atoms with E-state index in [1.807, 2.05) is 60.9 Å². The highest BCUT2D eigenvalue weighted by atomic mass is 31.2. The zero-order chi connectivity index (χ0) is 22.0. The lowest BCUT2D eigenvalue weighted by molar-refractivity contribution is 0.231. The Kier molecular flexibility index (Phi) is 5.86. The number of para-hydroxylation sites is 2. The van der Waals surface area contributed by atoms with Crippen LogP contribution in [0.1, 0.15) is 24.2 Å². The van der Waals surface area contributed by atoms with Gasteiger partial charge in [0, 0.05) is 49.9 Å². The Morgan fingerprint density at radius 2 is 1.25 bits per heavy atom. The topological polar surface area (TPSA) is 39.7 Å². The van der Waals surface area contributed by atoms with Gasteiger partial charge in [-0.25, -0.2) is 0 Å². The first-order chi connectivity index (χ1) is 15.7. The molecule has 1 aromatic heterocycles. The van der Waals surface area contributed by atoms with Crippen molar-refractivity contribution in [3.05, 3.63) is 103 Å². The van der Waals surface area contributed by atoms with Crippen LogP contribution >= 0.6 is 7.44 Å². The van der Waals surface area contributed by atoms with Crippen molar-refractivity contribution in [1.29, 1.82) is 0 Å². The Labute approximate surface area is 190 Å². The van der Waals surface area contributed by atoms with Crippen LogP contribution in [0.2, 0.25) is 0 Å². The zero-order valence-electron chi connectivity index (χ0n) is 18.3. The van der Waals surface area contributed by atoms with Crippen molar-refractivity contribution in [3.8, 4) is 0 Å². The van der Waals surface area contributed by atoms with Crippen LogP contribution in [-0.4, -0.2) is 36.1 Å². The molecule has 1 atom stereocenters. The molecule has 0 spiro atoms. The van der Waals surface area contributed by atoms with Crippen molar-refractivity contribution in [2.75, 3.05) is 35.5 Å². The molecule has 32 heavy (non-hydrogen) atoms. The summed E-state index contributed by atoms with van der Waals surface area (Å²) in [7, 11) is -3.12. The summed E-state index contributed by atoms with van der Waals surface area (Å²) < 4.78 is 19.8. The van der Waals surface area contributed by atoms with E-state index in [1.54, 1.807) is 0 Å². The Hall–Kier alpha value is -2.88. The molecule has 0 saturated carbocycles. The number of hydrogen-bond donors (Lipinski definition) is 0. The number of aromatic nitrogens is 1. The van der Waals surface area contributed by atoms with Gasteiger partial charge >= 0.3 is 0 Å². The van der Waals surface area contributed by atoms with E-state index in [0.29, 0.717) is 0 Å². The second-order valence-electron chi connectivity index (χ2n) is 8.45. The molecule has 2 aromatic carbocycles. The summed E-state index contributed by atoms with van der Waals surface area (Å²) in [5.74, 6) is -0.249. The first-order valence-electron chi connectivity index (χ1n) is 11.2. The molecule has 2 aliphatic heterocycles. The van der Waals surface area contributed by atoms with Crippen LogP contribution in [0.25, 0.3) is 0 Å². The molecular weight excluding hydrogens is 415 g/mol. The van der Waals surface area contributed by atoms with Gasteiger partial charge in [-0.05, 0) is 54.8 Å². The largest absolute Gasteiger partial charge is 0.304 e. The summed E-state index contributed by atoms with van der Waals surface area (Å²) in [5, 5.41) is 0. The molecule has 0 N–H and O–H groups in total. The smallest absolute Gasteiger partial charge is 0.284 e. The molecule has 0 aliphatic carbocycles. The van der Waals surface area contributed by atoms with Gasteiger partial charge in [-0.2, -0.15) is 0 Å². The standard InChI is InChI=1S/C26H29N4OP/c1-22-14-18-28(19-15-22)26(23-12-16-27-17-13-23)32(31)29(24-8-4-2-5-9-24)20-21-30(32)25-10-6-3-7-11-25/h2-13,16-17,26H,1,14-15,18-21H2. The minimum absolute atomic E-state index is 0.249. The summed E-state index contributed by atoms with van der Waals surface area (Å²) in [4.78, 5) is 6.64. The van der Waals surface area contributed by atoms with E-state index < -0.39 is 7.44 Å². The van der Waals surface area contributed by atoms with Gasteiger partial charge < -0.3 is 9.34 Å². The maximum absolute atomic E-state index is 15.5. The monoisotopic (exact) mass is 444 g/mol. The van der Waals surface area contributed by atoms with E-state index in [-0.39, 0.29) is 5.78 Å². The molecule has 2 saturated heterocycles. The van der Waals surface area contributed by atoms with Crippen molar-refractivity contribution in [1.82, 2.24) is 9.88 Å². The van der Waals surface area contributed by atoms with Crippen LogP contribution in [0, 0.1) is 0 Å². The number of anilines is 2. The molecule has 0 radical (unpaired) electrons. The summed E-state index contributed by atoms with van der Waals surface area (Å²) in [5.41, 5.74) is 4.35. The van der Waals surface area contributed by atoms with E-state index >= 15 is 4.57 Å². The predicted molar refractivity (Wildman–Crippen MR) is 132 cm³/mol. The van der Waals surface area contributed by atoms with Crippen LogP contribution < -0.4 is 9.34 Å². The van der Waals surface area contributed by atoms with Crippen LogP contribution in [0.5, 0.6) is 0 Å². The van der Waals surface area contributed by atoms with Crippen LogP contribution in [0.3, 0.4) is 0 Å². The summed E-state index contributed by atoms with van der Waals surface area (Å²) >= 11 is 0. The highest BCUT2D eigenvalue weighted by molar-refractivity contribution is 7.67. The van der Waals surface area contributed by atoms with Crippen molar-refractivity contribution >= 4 is 18.8 Å². The highest BCUT2D eigenvalue weighted by Crippen LogP contribution is 2.69. The number of piperidine rings is 1. The molecule has 1 unspecified atom stereocenters. The predicted octanol–water partition coefficient (Wildman–Crippen LogP) is 5.95. The number of likely N-dealkylation sites (tertiary alicyclic amines) is 1. The van der Waals surface area contributed by atoms with Crippen molar-refractivity contribution in [2.45, 2.75) is 18.6 Å². The van der Waals surface area contributed by atoms with Gasteiger partial charge in [0.15, 0.2) is 0 Å². The fraction of sp³-hybridized carbons (Fsp3) is 0.269. The number of nitrogens with zero attached hydrogens (tertiary/aromatic N) is 4. The van der Waals surface area contributed by atoms with E-state index in [1.165, 1.54) is 5.57 Å². The lowest BCUT2D eigenvalue weighted by atomic mass is 10.1. The minimum Gasteiger partial charge on any atom is -0.304 e. The second kappa shape index (κ2) is 8.93. The number of benzene rings is 2. The molecule has 2 fully saturated rings. The van der Waals surface area contributed by atoms with Gasteiger partial charge in [-0.15, -0.1) is 0 Å². The summed E-state index contributed by atoms with van der Waals surface area (Å²) in [6, 6.07) is 24.5. The molecule has 0 amide bonds. The third-order valence-electron chi connectivity index (χ3n) is 6.50. The molecule has 6 heteroatoms. The van der Waals surface area contributed by atoms with Crippen LogP contribution in [-0.2, 0) is 4.57 Å². The molecule has 0 bridgehead atoms. The second-order valence-corrected chi connectivity index (χ2v) is 11.1. The normalized spacial score (nSPS) is 19.8. The molecular formula is C26H29N4OP. The van der Waals surface area contributed by atoms with Gasteiger partial charge in [-0.1, -0.05) is 48.6 Å². The van der Waals surface area contributed by atoms with Crippen molar-refractivity contribution < 1.29 is 4.57 Å². The summed E-state index contributed by atoms with van der Waals surface area (Å²) in [6.45, 7) is 7.36. The lowest BCUT2D eigenvalue weighted by Crippen LogP contribution is -2.39. The molecule has 5 nitrogen and oxygen atoms in total. The average molecular weight is 445 g/mol. The third kappa shape index (κ3) is 3.76. The molecule has 3 aromatic rings. The van der Waals surface area contributed by atoms with Gasteiger partial charge in [0.25, 0.3) is 7.44 Å². The first-order valence-corrected chi connectivity index (χ1v) is 12.9. The van der Waals surface area contributed by atoms with E-state index in [2.05, 4.69) is 50.1 Å². The summed E-state index contributed by atoms with van der Waals surface area (Å²) in [6.07, 6.45) is 5.51. The maximum Gasteiger partial charge on any atom is 0.284 e. The number of hydrogen-bond acceptors (Lipinski definition) is 3. The van der Waals surface area contributed by atoms with Gasteiger partial charge in [0.2, 0.25) is 0 Å². The Morgan fingerprint density at radius 1 is 0.750 bits per heavy atom. The van der Waals surface area contributed by atoms with Gasteiger partial charge in [-0.3, -0.25) is 14.4 Å². The third-order valence-corrected chi connectivity index (χ3v) is 10.0. The SMILES string of the molecule is C=C1CCN(C(c2ccncc2)P2(=O)N(c3ccccc3)CCN2c2ccccc2)CC1. The molecule has 3 heterocycles. The van der Waals surface area contributed by atoms with Crippen molar-refractivity contribution in [2.24, 2.45) is 0 Å². The first kappa shape index (κ1) is 21.0. The van der Waals surface area contributed by atoms with Crippen LogP contribution in [0.4, 0.5) is 11.4 Å². The highest BCUT2D eigenvalue weighted by Gasteiger charge is 2.52. The van der Waals surface area contributed by atoms with Crippen LogP contribution in [0.15, 0.2) is 97.3 Å². The average Bonchev–Trinajstić information content (AvgIpc) is 3.19. The Bertz CT molecular complexity index is 1040. The minimum atomic E-state index is -3.12. The van der Waals surface area contributed by atoms with E-state index in [0.717, 1.165) is 56.0 Å². The molecule has 2 aliphatic rings. The van der Waals surface area contributed by atoms with E-state index in [9.17, 15) is 0 Å². The zero-order valence-corrected chi connectivity index (χ0v) is 19.1. The Balaban J connectivity index is 1.67. The van der Waals surface area contributed by atoms with Crippen molar-refractivity contribution in [3.63, 3.8) is 0 Å². The fourth-order valence-electron chi connectivity index (χ4n) is 4.90. The Morgan fingerprint density at radius 3 is 1.75 bits per heavy atom. The number of pyridine rings is 1. The maximum atomic E-state index is 15.5. The number of rotatable bonds is 5. The van der Waals surface area contributed by atoms with Gasteiger partial charge in [0.05, 0.1) is 0 Å². The van der Waals surface area contributed by atoms with E-state index in [4.69, 9.17) is 0 Å². The lowest BCUT2D eigenvalue weighted by Gasteiger charge is -2.44.